The molecule has 0 radical (unpaired) electrons. The van der Waals surface area contributed by atoms with E-state index in [4.69, 9.17) is 0 Å². The third-order valence-electron chi connectivity index (χ3n) is 7.65. The van der Waals surface area contributed by atoms with Gasteiger partial charge in [-0.3, -0.25) is 0 Å². The quantitative estimate of drug-likeness (QED) is 0.250. The molecule has 4 rings (SSSR count). The van der Waals surface area contributed by atoms with Crippen molar-refractivity contribution in [3.05, 3.63) is 70.5 Å². The highest BCUT2D eigenvalue weighted by Gasteiger charge is 2.35. The summed E-state index contributed by atoms with van der Waals surface area (Å²) in [4.78, 5) is 0. The SMILES string of the molecule is CCCCCC1CCC2CC(c3ccc(C#Cc4cc(F)c(F)c(F)c4)cc3)CCC2C1. The van der Waals surface area contributed by atoms with Gasteiger partial charge in [-0.05, 0) is 85.6 Å². The maximum absolute atomic E-state index is 13.4. The van der Waals surface area contributed by atoms with E-state index in [9.17, 15) is 13.2 Å². The Morgan fingerprint density at radius 3 is 2.16 bits per heavy atom. The van der Waals surface area contributed by atoms with E-state index in [1.54, 1.807) is 0 Å². The summed E-state index contributed by atoms with van der Waals surface area (Å²) in [5, 5.41) is 0. The minimum absolute atomic E-state index is 0.133. The topological polar surface area (TPSA) is 0 Å². The van der Waals surface area contributed by atoms with Gasteiger partial charge >= 0.3 is 0 Å². The zero-order chi connectivity index (χ0) is 22.5. The molecular formula is C29H33F3. The van der Waals surface area contributed by atoms with E-state index in [0.717, 1.165) is 35.4 Å². The lowest BCUT2D eigenvalue weighted by Crippen LogP contribution is -2.30. The van der Waals surface area contributed by atoms with Crippen molar-refractivity contribution >= 4 is 0 Å². The van der Waals surface area contributed by atoms with E-state index in [1.165, 1.54) is 69.8 Å². The Hall–Kier alpha value is -2.21. The highest BCUT2D eigenvalue weighted by atomic mass is 19.2. The molecule has 0 N–H and O–H groups in total. The summed E-state index contributed by atoms with van der Waals surface area (Å²) in [6.07, 6.45) is 13.7. The number of unbranched alkanes of at least 4 members (excludes halogenated alkanes) is 2. The summed E-state index contributed by atoms with van der Waals surface area (Å²) >= 11 is 0. The minimum Gasteiger partial charge on any atom is -0.204 e. The van der Waals surface area contributed by atoms with E-state index >= 15 is 0 Å². The summed E-state index contributed by atoms with van der Waals surface area (Å²) in [5.74, 6) is 5.16. The number of hydrogen-bond acceptors (Lipinski definition) is 0. The van der Waals surface area contributed by atoms with Gasteiger partial charge in [-0.25, -0.2) is 13.2 Å². The molecule has 0 heterocycles. The van der Waals surface area contributed by atoms with Gasteiger partial charge in [0.2, 0.25) is 0 Å². The van der Waals surface area contributed by atoms with Crippen molar-refractivity contribution in [2.24, 2.45) is 17.8 Å². The Bertz CT molecular complexity index is 943. The second-order valence-corrected chi connectivity index (χ2v) is 9.83. The summed E-state index contributed by atoms with van der Waals surface area (Å²) < 4.78 is 39.8. The van der Waals surface area contributed by atoms with Gasteiger partial charge in [0.25, 0.3) is 0 Å². The maximum atomic E-state index is 13.4. The molecule has 32 heavy (non-hydrogen) atoms. The standard InChI is InChI=1S/C29H33F3/c1-2-3-4-5-21-10-13-26-19-25(15-14-24(26)16-21)23-11-8-20(9-12-23)6-7-22-17-27(30)29(32)28(31)18-22/h8-9,11-12,17-18,21,24-26H,2-5,10,13-16,19H2,1H3. The van der Waals surface area contributed by atoms with Gasteiger partial charge in [-0.1, -0.05) is 63.0 Å². The molecule has 0 amide bonds. The second-order valence-electron chi connectivity index (χ2n) is 9.83. The average molecular weight is 439 g/mol. The molecule has 4 atom stereocenters. The fourth-order valence-corrected chi connectivity index (χ4v) is 5.84. The van der Waals surface area contributed by atoms with Crippen molar-refractivity contribution in [3.8, 4) is 11.8 Å². The fraction of sp³-hybridized carbons (Fsp3) is 0.517. The van der Waals surface area contributed by atoms with E-state index in [0.29, 0.717) is 5.92 Å². The van der Waals surface area contributed by atoms with Crippen LogP contribution in [0.15, 0.2) is 36.4 Å². The summed E-state index contributed by atoms with van der Waals surface area (Å²) in [6, 6.07) is 10.1. The van der Waals surface area contributed by atoms with Gasteiger partial charge in [0.05, 0.1) is 0 Å². The van der Waals surface area contributed by atoms with Crippen LogP contribution < -0.4 is 0 Å². The minimum atomic E-state index is -1.46. The number of rotatable bonds is 5. The highest BCUT2D eigenvalue weighted by molar-refractivity contribution is 5.44. The Morgan fingerprint density at radius 2 is 1.44 bits per heavy atom. The molecule has 2 aliphatic rings. The highest BCUT2D eigenvalue weighted by Crippen LogP contribution is 2.48. The lowest BCUT2D eigenvalue weighted by molar-refractivity contribution is 0.113. The molecule has 2 saturated carbocycles. The lowest BCUT2D eigenvalue weighted by atomic mass is 9.63. The molecule has 0 bridgehead atoms. The van der Waals surface area contributed by atoms with Crippen LogP contribution in [0.1, 0.15) is 93.7 Å². The molecular weight excluding hydrogens is 405 g/mol. The predicted molar refractivity (Wildman–Crippen MR) is 124 cm³/mol. The molecule has 0 nitrogen and oxygen atoms in total. The lowest BCUT2D eigenvalue weighted by Gasteiger charge is -2.42. The molecule has 2 aromatic rings. The van der Waals surface area contributed by atoms with Crippen molar-refractivity contribution < 1.29 is 13.2 Å². The van der Waals surface area contributed by atoms with Crippen molar-refractivity contribution in [2.45, 2.75) is 77.0 Å². The molecule has 3 heteroatoms. The molecule has 4 unspecified atom stereocenters. The van der Waals surface area contributed by atoms with Crippen LogP contribution in [0.5, 0.6) is 0 Å². The molecule has 0 aliphatic heterocycles. The zero-order valence-corrected chi connectivity index (χ0v) is 19.0. The molecule has 2 aliphatic carbocycles. The van der Waals surface area contributed by atoms with Crippen LogP contribution in [0.3, 0.4) is 0 Å². The number of fused-ring (bicyclic) bond motifs is 1. The molecule has 170 valence electrons. The molecule has 2 aromatic carbocycles. The zero-order valence-electron chi connectivity index (χ0n) is 19.0. The van der Waals surface area contributed by atoms with Crippen molar-refractivity contribution in [1.82, 2.24) is 0 Å². The molecule has 0 spiro atoms. The van der Waals surface area contributed by atoms with Crippen LogP contribution in [0.2, 0.25) is 0 Å². The van der Waals surface area contributed by atoms with Gasteiger partial charge in [0.1, 0.15) is 0 Å². The van der Waals surface area contributed by atoms with Gasteiger partial charge in [0, 0.05) is 11.1 Å². The van der Waals surface area contributed by atoms with Crippen molar-refractivity contribution in [1.29, 1.82) is 0 Å². The fourth-order valence-electron chi connectivity index (χ4n) is 5.84. The maximum Gasteiger partial charge on any atom is 0.194 e. The number of halogens is 3. The van der Waals surface area contributed by atoms with Crippen LogP contribution in [0, 0.1) is 47.0 Å². The third kappa shape index (κ3) is 5.58. The Balaban J connectivity index is 1.34. The van der Waals surface area contributed by atoms with Crippen LogP contribution >= 0.6 is 0 Å². The second kappa shape index (κ2) is 10.6. The summed E-state index contributed by atoms with van der Waals surface area (Å²) in [7, 11) is 0. The monoisotopic (exact) mass is 438 g/mol. The Morgan fingerprint density at radius 1 is 0.781 bits per heavy atom. The van der Waals surface area contributed by atoms with Gasteiger partial charge in [0.15, 0.2) is 17.5 Å². The Kier molecular flexibility index (Phi) is 7.61. The first kappa shape index (κ1) is 23.0. The largest absolute Gasteiger partial charge is 0.204 e. The molecule has 0 aromatic heterocycles. The van der Waals surface area contributed by atoms with Crippen LogP contribution in [-0.2, 0) is 0 Å². The normalized spacial score (nSPS) is 25.0. The number of benzene rings is 2. The first-order chi connectivity index (χ1) is 15.5. The first-order valence-electron chi connectivity index (χ1n) is 12.3. The first-order valence-corrected chi connectivity index (χ1v) is 12.3. The van der Waals surface area contributed by atoms with Crippen LogP contribution in [0.25, 0.3) is 0 Å². The van der Waals surface area contributed by atoms with Crippen LogP contribution in [-0.4, -0.2) is 0 Å². The molecule has 2 fully saturated rings. The Labute approximate surface area is 190 Å². The van der Waals surface area contributed by atoms with Gasteiger partial charge in [-0.2, -0.15) is 0 Å². The smallest absolute Gasteiger partial charge is 0.194 e. The molecule has 0 saturated heterocycles. The average Bonchev–Trinajstić information content (AvgIpc) is 2.81. The third-order valence-corrected chi connectivity index (χ3v) is 7.65. The summed E-state index contributed by atoms with van der Waals surface area (Å²) in [5.41, 5.74) is 2.30. The number of hydrogen-bond donors (Lipinski definition) is 0. The van der Waals surface area contributed by atoms with E-state index in [-0.39, 0.29) is 5.56 Å². The van der Waals surface area contributed by atoms with E-state index < -0.39 is 17.5 Å². The van der Waals surface area contributed by atoms with E-state index in [2.05, 4.69) is 30.9 Å². The van der Waals surface area contributed by atoms with Crippen molar-refractivity contribution in [2.75, 3.05) is 0 Å². The van der Waals surface area contributed by atoms with Gasteiger partial charge in [-0.15, -0.1) is 0 Å². The van der Waals surface area contributed by atoms with Crippen molar-refractivity contribution in [3.63, 3.8) is 0 Å². The summed E-state index contributed by atoms with van der Waals surface area (Å²) in [6.45, 7) is 2.28. The predicted octanol–water partition coefficient (Wildman–Crippen LogP) is 8.38. The van der Waals surface area contributed by atoms with Gasteiger partial charge < -0.3 is 0 Å². The van der Waals surface area contributed by atoms with E-state index in [1.807, 2.05) is 12.1 Å². The van der Waals surface area contributed by atoms with Crippen LogP contribution in [0.4, 0.5) is 13.2 Å².